The molecule has 2 N–H and O–H groups in total. The van der Waals surface area contributed by atoms with Gasteiger partial charge in [0.1, 0.15) is 10.9 Å². The second kappa shape index (κ2) is 8.58. The van der Waals surface area contributed by atoms with Gasteiger partial charge in [-0.1, -0.05) is 48.5 Å². The van der Waals surface area contributed by atoms with Gasteiger partial charge in [0.05, 0.1) is 0 Å². The molecule has 25 heavy (non-hydrogen) atoms. The summed E-state index contributed by atoms with van der Waals surface area (Å²) in [4.78, 5) is 25.3. The van der Waals surface area contributed by atoms with Gasteiger partial charge in [-0.3, -0.25) is 10.2 Å². The molecule has 0 heterocycles. The highest BCUT2D eigenvalue weighted by atomic mass is 32.2. The molecule has 132 valence electrons. The Hall–Kier alpha value is -2.47. The van der Waals surface area contributed by atoms with Crippen molar-refractivity contribution >= 4 is 23.8 Å². The lowest BCUT2D eigenvalue weighted by Gasteiger charge is -2.21. The average Bonchev–Trinajstić information content (AvgIpc) is 2.58. The normalized spacial score (nSPS) is 12.1. The Labute approximate surface area is 152 Å². The largest absolute Gasteiger partial charge is 0.443 e. The van der Waals surface area contributed by atoms with Gasteiger partial charge in [-0.2, -0.15) is 0 Å². The lowest BCUT2D eigenvalue weighted by molar-refractivity contribution is -0.121. The Bertz CT molecular complexity index is 700. The van der Waals surface area contributed by atoms with Crippen LogP contribution in [0.2, 0.25) is 0 Å². The summed E-state index contributed by atoms with van der Waals surface area (Å²) in [5.74, 6) is -0.328. The van der Waals surface area contributed by atoms with Crippen LogP contribution in [0.4, 0.5) is 4.79 Å². The van der Waals surface area contributed by atoms with E-state index >= 15 is 0 Å². The van der Waals surface area contributed by atoms with Gasteiger partial charge in [0.25, 0.3) is 5.91 Å². The van der Waals surface area contributed by atoms with E-state index in [1.54, 1.807) is 20.8 Å². The minimum absolute atomic E-state index is 0.328. The summed E-state index contributed by atoms with van der Waals surface area (Å²) in [7, 11) is 0. The van der Waals surface area contributed by atoms with Crippen LogP contribution >= 0.6 is 11.8 Å². The third kappa shape index (κ3) is 6.51. The van der Waals surface area contributed by atoms with Crippen molar-refractivity contribution < 1.29 is 14.3 Å². The maximum atomic E-state index is 12.6. The van der Waals surface area contributed by atoms with E-state index in [-0.39, 0.29) is 5.91 Å². The minimum Gasteiger partial charge on any atom is -0.443 e. The van der Waals surface area contributed by atoms with Gasteiger partial charge in [-0.25, -0.2) is 10.2 Å². The van der Waals surface area contributed by atoms with Crippen LogP contribution in [0.1, 0.15) is 31.6 Å². The second-order valence-electron chi connectivity index (χ2n) is 6.34. The third-order valence-corrected chi connectivity index (χ3v) is 4.29. The van der Waals surface area contributed by atoms with Crippen LogP contribution in [0.25, 0.3) is 0 Å². The Morgan fingerprint density at radius 2 is 1.48 bits per heavy atom. The molecule has 1 unspecified atom stereocenters. The number of amides is 2. The van der Waals surface area contributed by atoms with Crippen molar-refractivity contribution in [2.24, 2.45) is 0 Å². The molecule has 0 aliphatic rings. The number of carbonyl (C=O) groups is 2. The van der Waals surface area contributed by atoms with Gasteiger partial charge in [0.2, 0.25) is 0 Å². The molecule has 2 aromatic rings. The maximum Gasteiger partial charge on any atom is 0.426 e. The Kier molecular flexibility index (Phi) is 6.47. The number of hydrogen-bond donors (Lipinski definition) is 2. The molecule has 2 aromatic carbocycles. The van der Waals surface area contributed by atoms with Gasteiger partial charge in [-0.15, -0.1) is 11.8 Å². The fraction of sp³-hybridized carbons (Fsp3) is 0.263. The first-order valence-corrected chi connectivity index (χ1v) is 8.78. The first-order chi connectivity index (χ1) is 11.8. The number of thioether (sulfide) groups is 1. The summed E-state index contributed by atoms with van der Waals surface area (Å²) >= 11 is 1.41. The molecule has 0 fully saturated rings. The molecule has 0 aromatic heterocycles. The fourth-order valence-corrected chi connectivity index (χ4v) is 3.06. The maximum absolute atomic E-state index is 12.6. The molecule has 0 aliphatic heterocycles. The van der Waals surface area contributed by atoms with Gasteiger partial charge in [0.15, 0.2) is 0 Å². The smallest absolute Gasteiger partial charge is 0.426 e. The number of rotatable bonds is 4. The molecule has 0 aliphatic carbocycles. The van der Waals surface area contributed by atoms with Crippen LogP contribution in [0, 0.1) is 0 Å². The van der Waals surface area contributed by atoms with E-state index in [1.165, 1.54) is 11.8 Å². The van der Waals surface area contributed by atoms with Crippen LogP contribution in [-0.4, -0.2) is 17.6 Å². The summed E-state index contributed by atoms with van der Waals surface area (Å²) in [6.07, 6.45) is -0.697. The highest BCUT2D eigenvalue weighted by Gasteiger charge is 2.23. The first-order valence-electron chi connectivity index (χ1n) is 7.91. The van der Waals surface area contributed by atoms with Crippen LogP contribution < -0.4 is 10.9 Å². The van der Waals surface area contributed by atoms with Crippen LogP contribution in [-0.2, 0) is 9.53 Å². The molecule has 2 amide bonds. The topological polar surface area (TPSA) is 67.4 Å². The molecule has 0 bridgehead atoms. The van der Waals surface area contributed by atoms with Gasteiger partial charge >= 0.3 is 6.09 Å². The summed E-state index contributed by atoms with van der Waals surface area (Å²) in [6.45, 7) is 5.27. The summed E-state index contributed by atoms with van der Waals surface area (Å²) in [5.41, 5.74) is 4.96. The van der Waals surface area contributed by atoms with Crippen LogP contribution in [0.5, 0.6) is 0 Å². The van der Waals surface area contributed by atoms with Crippen molar-refractivity contribution in [2.75, 3.05) is 0 Å². The second-order valence-corrected chi connectivity index (χ2v) is 7.52. The van der Waals surface area contributed by atoms with Crippen molar-refractivity contribution in [1.29, 1.82) is 0 Å². The SMILES string of the molecule is CC(C)(C)OC(=O)NNC(=O)C(Sc1ccccc1)c1ccccc1. The monoisotopic (exact) mass is 358 g/mol. The number of carbonyl (C=O) groups excluding carboxylic acids is 2. The standard InChI is InChI=1S/C19H22N2O3S/c1-19(2,3)24-18(23)21-20-17(22)16(14-10-6-4-7-11-14)25-15-12-8-5-9-13-15/h4-13,16H,1-3H3,(H,20,22)(H,21,23). The summed E-state index contributed by atoms with van der Waals surface area (Å²) in [5, 5.41) is -0.501. The molecule has 0 radical (unpaired) electrons. The third-order valence-electron chi connectivity index (χ3n) is 3.02. The number of nitrogens with one attached hydrogen (secondary N) is 2. The lowest BCUT2D eigenvalue weighted by atomic mass is 10.1. The zero-order chi connectivity index (χ0) is 18.3. The number of hydrogen-bond acceptors (Lipinski definition) is 4. The molecule has 2 rings (SSSR count). The van der Waals surface area contributed by atoms with Crippen molar-refractivity contribution in [3.63, 3.8) is 0 Å². The summed E-state index contributed by atoms with van der Waals surface area (Å²) < 4.78 is 5.12. The van der Waals surface area contributed by atoms with E-state index in [9.17, 15) is 9.59 Å². The van der Waals surface area contributed by atoms with Crippen LogP contribution in [0.15, 0.2) is 65.6 Å². The van der Waals surface area contributed by atoms with E-state index in [0.717, 1.165) is 10.5 Å². The van der Waals surface area contributed by atoms with E-state index in [1.807, 2.05) is 60.7 Å². The first kappa shape index (κ1) is 18.9. The highest BCUT2D eigenvalue weighted by Crippen LogP contribution is 2.35. The highest BCUT2D eigenvalue weighted by molar-refractivity contribution is 8.00. The predicted molar refractivity (Wildman–Crippen MR) is 99.0 cm³/mol. The molecular formula is C19H22N2O3S. The van der Waals surface area contributed by atoms with E-state index in [0.29, 0.717) is 0 Å². The van der Waals surface area contributed by atoms with E-state index in [4.69, 9.17) is 4.74 Å². The number of benzene rings is 2. The van der Waals surface area contributed by atoms with Gasteiger partial charge < -0.3 is 4.74 Å². The molecule has 0 spiro atoms. The van der Waals surface area contributed by atoms with Gasteiger partial charge in [0, 0.05) is 4.90 Å². The van der Waals surface area contributed by atoms with Gasteiger partial charge in [-0.05, 0) is 38.5 Å². The Balaban J connectivity index is 2.07. The van der Waals surface area contributed by atoms with E-state index in [2.05, 4.69) is 10.9 Å². The average molecular weight is 358 g/mol. The van der Waals surface area contributed by atoms with E-state index < -0.39 is 16.9 Å². The Morgan fingerprint density at radius 1 is 0.920 bits per heavy atom. The zero-order valence-electron chi connectivity index (χ0n) is 14.5. The van der Waals surface area contributed by atoms with Crippen LogP contribution in [0.3, 0.4) is 0 Å². The van der Waals surface area contributed by atoms with Crippen molar-refractivity contribution in [3.05, 3.63) is 66.2 Å². The minimum atomic E-state index is -0.697. The molecule has 5 nitrogen and oxygen atoms in total. The molecule has 6 heteroatoms. The predicted octanol–water partition coefficient (Wildman–Crippen LogP) is 4.08. The lowest BCUT2D eigenvalue weighted by Crippen LogP contribution is -2.45. The van der Waals surface area contributed by atoms with Crippen molar-refractivity contribution in [2.45, 2.75) is 36.5 Å². The fourth-order valence-electron chi connectivity index (χ4n) is 2.02. The van der Waals surface area contributed by atoms with Crippen molar-refractivity contribution in [3.8, 4) is 0 Å². The number of ether oxygens (including phenoxy) is 1. The number of hydrazine groups is 1. The molecule has 1 atom stereocenters. The molecule has 0 saturated heterocycles. The molecular weight excluding hydrogens is 336 g/mol. The molecule has 0 saturated carbocycles. The summed E-state index contributed by atoms with van der Waals surface area (Å²) in [6, 6.07) is 19.1. The quantitative estimate of drug-likeness (QED) is 0.638. The zero-order valence-corrected chi connectivity index (χ0v) is 15.3. The Morgan fingerprint density at radius 3 is 2.04 bits per heavy atom. The van der Waals surface area contributed by atoms with Crippen molar-refractivity contribution in [1.82, 2.24) is 10.9 Å².